The van der Waals surface area contributed by atoms with Gasteiger partial charge in [-0.1, -0.05) is 0 Å². The molecule has 0 spiro atoms. The monoisotopic (exact) mass is 707 g/mol. The van der Waals surface area contributed by atoms with Gasteiger partial charge in [-0.25, -0.2) is 0 Å². The second kappa shape index (κ2) is 16.8. The summed E-state index contributed by atoms with van der Waals surface area (Å²) in [5.74, 6) is -0.704. The number of aliphatic hydroxyl groups is 13. The van der Waals surface area contributed by atoms with Gasteiger partial charge in [0.05, 0.1) is 26.4 Å². The van der Waals surface area contributed by atoms with Gasteiger partial charge in [0, 0.05) is 6.92 Å². The van der Waals surface area contributed by atoms with Crippen LogP contribution in [0.2, 0.25) is 0 Å². The highest BCUT2D eigenvalue weighted by atomic mass is 16.7. The molecule has 0 aromatic heterocycles. The molecule has 0 radical (unpaired) electrons. The van der Waals surface area contributed by atoms with Gasteiger partial charge in [0.2, 0.25) is 5.91 Å². The topological polar surface area (TPSA) is 357 Å². The fraction of sp³-hybridized carbons (Fsp3) is 0.962. The molecule has 4 rings (SSSR count). The summed E-state index contributed by atoms with van der Waals surface area (Å²) in [6.07, 6.45) is -33.1. The number of hydrogen-bond acceptors (Lipinski definition) is 21. The van der Waals surface area contributed by atoms with Gasteiger partial charge in [0.15, 0.2) is 25.2 Å². The minimum atomic E-state index is -1.94. The molecule has 4 heterocycles. The Morgan fingerprint density at radius 2 is 0.979 bits per heavy atom. The van der Waals surface area contributed by atoms with Gasteiger partial charge < -0.3 is 105 Å². The van der Waals surface area contributed by atoms with E-state index >= 15 is 0 Å². The molecule has 0 aliphatic carbocycles. The summed E-state index contributed by atoms with van der Waals surface area (Å²) < 4.78 is 38.1. The number of aliphatic hydroxyl groups excluding tert-OH is 13. The van der Waals surface area contributed by atoms with E-state index in [9.17, 15) is 71.2 Å². The van der Waals surface area contributed by atoms with Gasteiger partial charge in [0.1, 0.15) is 97.6 Å². The van der Waals surface area contributed by atoms with Crippen LogP contribution in [0.15, 0.2) is 0 Å². The van der Waals surface area contributed by atoms with Crippen molar-refractivity contribution >= 4 is 5.91 Å². The molecule has 1 amide bonds. The van der Waals surface area contributed by atoms with Gasteiger partial charge in [-0.3, -0.25) is 4.79 Å². The fourth-order valence-corrected chi connectivity index (χ4v) is 5.83. The zero-order chi connectivity index (χ0) is 35.6. The summed E-state index contributed by atoms with van der Waals surface area (Å²) in [7, 11) is 0. The van der Waals surface area contributed by atoms with Crippen molar-refractivity contribution in [3.63, 3.8) is 0 Å². The largest absolute Gasteiger partial charge is 0.394 e. The van der Waals surface area contributed by atoms with E-state index in [1.807, 2.05) is 0 Å². The van der Waals surface area contributed by atoms with Crippen LogP contribution < -0.4 is 5.32 Å². The highest BCUT2D eigenvalue weighted by Gasteiger charge is 2.53. The minimum absolute atomic E-state index is 0.704. The third-order valence-corrected chi connectivity index (χ3v) is 8.59. The Kier molecular flexibility index (Phi) is 13.8. The molecule has 0 saturated carbocycles. The van der Waals surface area contributed by atoms with Crippen LogP contribution in [0.4, 0.5) is 0 Å². The zero-order valence-corrected chi connectivity index (χ0v) is 25.5. The summed E-state index contributed by atoms with van der Waals surface area (Å²) in [6.45, 7) is -2.10. The zero-order valence-electron chi connectivity index (χ0n) is 25.5. The predicted molar refractivity (Wildman–Crippen MR) is 145 cm³/mol. The molecule has 0 bridgehead atoms. The molecule has 14 N–H and O–H groups in total. The van der Waals surface area contributed by atoms with E-state index in [1.165, 1.54) is 0 Å². The highest BCUT2D eigenvalue weighted by molar-refractivity contribution is 5.73. The number of hydrogen-bond donors (Lipinski definition) is 14. The van der Waals surface area contributed by atoms with E-state index in [1.54, 1.807) is 0 Å². The molecule has 0 aromatic carbocycles. The summed E-state index contributed by atoms with van der Waals surface area (Å²) in [6, 6.07) is -1.51. The number of nitrogens with one attached hydrogen (secondary N) is 1. The van der Waals surface area contributed by atoms with Crippen LogP contribution >= 0.6 is 0 Å². The van der Waals surface area contributed by atoms with Crippen molar-refractivity contribution in [3.8, 4) is 0 Å². The molecule has 280 valence electrons. The maximum atomic E-state index is 11.9. The van der Waals surface area contributed by atoms with Crippen molar-refractivity contribution in [2.75, 3.05) is 26.4 Å². The van der Waals surface area contributed by atoms with Crippen LogP contribution in [-0.2, 0) is 38.0 Å². The Hall–Kier alpha value is -1.33. The van der Waals surface area contributed by atoms with Crippen molar-refractivity contribution in [1.29, 1.82) is 0 Å². The molecule has 4 saturated heterocycles. The lowest BCUT2D eigenvalue weighted by Crippen LogP contribution is -2.68. The molecule has 20 atom stereocenters. The average molecular weight is 708 g/mol. The lowest BCUT2D eigenvalue weighted by atomic mass is 9.95. The molecule has 0 unspecified atom stereocenters. The van der Waals surface area contributed by atoms with Crippen LogP contribution in [0.25, 0.3) is 0 Å². The van der Waals surface area contributed by atoms with Crippen molar-refractivity contribution in [2.45, 2.75) is 130 Å². The number of rotatable bonds is 11. The van der Waals surface area contributed by atoms with E-state index in [-0.39, 0.29) is 0 Å². The predicted octanol–water partition coefficient (Wildman–Crippen LogP) is -9.61. The third kappa shape index (κ3) is 8.24. The Morgan fingerprint density at radius 1 is 0.542 bits per heavy atom. The van der Waals surface area contributed by atoms with Crippen LogP contribution in [0.3, 0.4) is 0 Å². The van der Waals surface area contributed by atoms with Crippen molar-refractivity contribution in [1.82, 2.24) is 5.32 Å². The fourth-order valence-electron chi connectivity index (χ4n) is 5.83. The first-order chi connectivity index (χ1) is 22.6. The third-order valence-electron chi connectivity index (χ3n) is 8.59. The van der Waals surface area contributed by atoms with Gasteiger partial charge in [0.25, 0.3) is 0 Å². The summed E-state index contributed by atoms with van der Waals surface area (Å²) in [5, 5.41) is 136. The van der Waals surface area contributed by atoms with Crippen molar-refractivity contribution < 1.29 is 104 Å². The van der Waals surface area contributed by atoms with Crippen LogP contribution in [0, 0.1) is 0 Å². The summed E-state index contributed by atoms with van der Waals surface area (Å²) >= 11 is 0. The molecule has 22 heteroatoms. The van der Waals surface area contributed by atoms with Gasteiger partial charge in [-0.2, -0.15) is 0 Å². The van der Waals surface area contributed by atoms with Crippen LogP contribution in [-0.4, -0.2) is 221 Å². The van der Waals surface area contributed by atoms with Gasteiger partial charge in [-0.15, -0.1) is 0 Å². The summed E-state index contributed by atoms with van der Waals surface area (Å²) in [4.78, 5) is 11.9. The number of ether oxygens (including phenoxy) is 7. The Bertz CT molecular complexity index is 1030. The molecular weight excluding hydrogens is 662 g/mol. The van der Waals surface area contributed by atoms with E-state index < -0.39 is 155 Å². The molecule has 22 nitrogen and oxygen atoms in total. The first-order valence-electron chi connectivity index (χ1n) is 15.1. The lowest BCUT2D eigenvalue weighted by Gasteiger charge is -2.47. The highest BCUT2D eigenvalue weighted by Crippen LogP contribution is 2.32. The number of amides is 1. The molecule has 4 aliphatic rings. The molecular formula is C26H45NO21. The standard InChI is InChI=1S/C26H45NO21/c1-6(31)27-11-21(47-25-18(38)16(36)12(32)7(2-28)45-25)15(35)10(43-23(11)41)5-42-24-20(40)22(14(34)9(4-30)44-24)48-26-19(39)17(37)13(33)8(3-29)46-26/h7-26,28-30,32-41H,2-5H2,1H3,(H,27,31)/t7-,8-,9-,10-,11-,12+,13+,14+,15+,16+,17+,18-,19-,20-,21-,22+,23+,24-,25+,26-/m1/s1. The maximum Gasteiger partial charge on any atom is 0.217 e. The van der Waals surface area contributed by atoms with E-state index in [2.05, 4.69) is 5.32 Å². The smallest absolute Gasteiger partial charge is 0.217 e. The number of carbonyl (C=O) groups is 1. The molecule has 0 aromatic rings. The van der Waals surface area contributed by atoms with E-state index in [4.69, 9.17) is 33.2 Å². The molecule has 48 heavy (non-hydrogen) atoms. The number of carbonyl (C=O) groups excluding carboxylic acids is 1. The Balaban J connectivity index is 1.48. The van der Waals surface area contributed by atoms with Crippen molar-refractivity contribution in [3.05, 3.63) is 0 Å². The van der Waals surface area contributed by atoms with Gasteiger partial charge >= 0.3 is 0 Å². The molecule has 4 fully saturated rings. The van der Waals surface area contributed by atoms with Crippen LogP contribution in [0.5, 0.6) is 0 Å². The maximum absolute atomic E-state index is 11.9. The normalized spacial score (nSPS) is 50.2. The Morgan fingerprint density at radius 3 is 1.46 bits per heavy atom. The van der Waals surface area contributed by atoms with Crippen molar-refractivity contribution in [2.24, 2.45) is 0 Å². The van der Waals surface area contributed by atoms with Gasteiger partial charge in [-0.05, 0) is 0 Å². The quantitative estimate of drug-likeness (QED) is 0.0947. The second-order valence-corrected chi connectivity index (χ2v) is 11.9. The van der Waals surface area contributed by atoms with E-state index in [0.717, 1.165) is 6.92 Å². The second-order valence-electron chi connectivity index (χ2n) is 11.9. The first-order valence-corrected chi connectivity index (χ1v) is 15.1. The van der Waals surface area contributed by atoms with Crippen LogP contribution in [0.1, 0.15) is 6.92 Å². The first kappa shape index (κ1) is 39.5. The Labute approximate surface area is 272 Å². The SMILES string of the molecule is CC(=O)N[C@@H]1[C@@H](O[C@@H]2O[C@H](CO)[C@H](O)[C@H](O)[C@H]2O)[C@@H](O)[C@@H](CO[C@@H]2O[C@H](CO)[C@H](O)[C@H](O[C@H]3O[C@H](CO)[C@H](O)[C@H](O)[C@H]3O)[C@H]2O)O[C@@H]1O. The average Bonchev–Trinajstić information content (AvgIpc) is 3.05. The summed E-state index contributed by atoms with van der Waals surface area (Å²) in [5.41, 5.74) is 0. The lowest BCUT2D eigenvalue weighted by molar-refractivity contribution is -0.366. The van der Waals surface area contributed by atoms with E-state index in [0.29, 0.717) is 0 Å². The minimum Gasteiger partial charge on any atom is -0.394 e. The molecule has 4 aliphatic heterocycles.